The summed E-state index contributed by atoms with van der Waals surface area (Å²) >= 11 is 0. The van der Waals surface area contributed by atoms with E-state index in [1.54, 1.807) is 12.1 Å². The van der Waals surface area contributed by atoms with Crippen LogP contribution in [0.2, 0.25) is 0 Å². The number of fused-ring (bicyclic) bond motifs is 1. The van der Waals surface area contributed by atoms with Crippen molar-refractivity contribution < 1.29 is 42.0 Å². The van der Waals surface area contributed by atoms with Gasteiger partial charge in [-0.3, -0.25) is 0 Å². The lowest BCUT2D eigenvalue weighted by atomic mass is 10.00. The molecule has 1 saturated carbocycles. The van der Waals surface area contributed by atoms with E-state index in [0.29, 0.717) is 12.4 Å². The van der Waals surface area contributed by atoms with E-state index >= 15 is 0 Å². The zero-order valence-electron chi connectivity index (χ0n) is 23.0. The van der Waals surface area contributed by atoms with Crippen LogP contribution >= 0.6 is 0 Å². The average molecular weight is 591 g/mol. The topological polar surface area (TPSA) is 142 Å². The molecule has 2 aliphatic heterocycles. The van der Waals surface area contributed by atoms with Crippen LogP contribution in [0.4, 0.5) is 4.79 Å². The molecule has 1 aliphatic carbocycles. The van der Waals surface area contributed by atoms with E-state index in [2.05, 4.69) is 10.0 Å². The van der Waals surface area contributed by atoms with E-state index in [-0.39, 0.29) is 36.2 Å². The molecule has 2 aromatic rings. The van der Waals surface area contributed by atoms with Crippen LogP contribution in [0.15, 0.2) is 59.5 Å². The predicted molar refractivity (Wildman–Crippen MR) is 148 cm³/mol. The summed E-state index contributed by atoms with van der Waals surface area (Å²) < 4.78 is 57.4. The molecule has 0 aromatic heterocycles. The van der Waals surface area contributed by atoms with Gasteiger partial charge in [0.15, 0.2) is 6.29 Å². The molecular formula is C29H38N2O9S. The standard InChI is InChI=1S/C29H38N2O9S/c1-36-20-11-13-22(14-12-20)41(34,35)31-27(39-21-9-5-6-10-21)26(32)24(17-19-7-3-2-4-8-19)30-29(33)40-25-18-38-28-23(25)15-16-37-28/h2-4,7-8,11-14,21,23-28,31-32H,5-6,9-10,15-18H2,1H3,(H,30,33)/t23-,24?,25-,26+,27-,28+/m0/s1. The maximum atomic E-state index is 13.4. The summed E-state index contributed by atoms with van der Waals surface area (Å²) in [5.74, 6) is 0.463. The third kappa shape index (κ3) is 7.56. The van der Waals surface area contributed by atoms with Gasteiger partial charge in [0.25, 0.3) is 0 Å². The van der Waals surface area contributed by atoms with E-state index < -0.39 is 40.6 Å². The molecule has 12 heteroatoms. The highest BCUT2D eigenvalue weighted by Crippen LogP contribution is 2.33. The molecule has 1 unspecified atom stereocenters. The van der Waals surface area contributed by atoms with Crippen molar-refractivity contribution in [1.29, 1.82) is 0 Å². The average Bonchev–Trinajstić information content (AvgIpc) is 3.73. The van der Waals surface area contributed by atoms with Gasteiger partial charge in [-0.15, -0.1) is 0 Å². The summed E-state index contributed by atoms with van der Waals surface area (Å²) in [7, 11) is -2.61. The van der Waals surface area contributed by atoms with Gasteiger partial charge in [0, 0.05) is 0 Å². The largest absolute Gasteiger partial charge is 0.497 e. The van der Waals surface area contributed by atoms with Gasteiger partial charge >= 0.3 is 6.09 Å². The van der Waals surface area contributed by atoms with Gasteiger partial charge in [0.05, 0.1) is 43.3 Å². The Labute approximate surface area is 240 Å². The fourth-order valence-electron chi connectivity index (χ4n) is 5.59. The molecule has 0 bridgehead atoms. The zero-order chi connectivity index (χ0) is 28.8. The SMILES string of the molecule is COc1ccc(S(=O)(=O)N[C@@H](OC2CCCC2)[C@H](O)C(Cc2ccccc2)NC(=O)O[C@H]2CO[C@H]3OCC[C@H]32)cc1. The number of sulfonamides is 1. The highest BCUT2D eigenvalue weighted by molar-refractivity contribution is 7.89. The number of carbonyl (C=O) groups is 1. The molecule has 3 N–H and O–H groups in total. The number of amides is 1. The fourth-order valence-corrected chi connectivity index (χ4v) is 6.72. The summed E-state index contributed by atoms with van der Waals surface area (Å²) in [6, 6.07) is 14.3. The normalized spacial score (nSPS) is 24.9. The minimum Gasteiger partial charge on any atom is -0.497 e. The highest BCUT2D eigenvalue weighted by atomic mass is 32.2. The molecule has 2 saturated heterocycles. The van der Waals surface area contributed by atoms with Crippen LogP contribution in [0.5, 0.6) is 5.75 Å². The first kappa shape index (κ1) is 29.7. The number of carbonyl (C=O) groups excluding carboxylic acids is 1. The van der Waals surface area contributed by atoms with Crippen molar-refractivity contribution in [1.82, 2.24) is 10.0 Å². The second kappa shape index (κ2) is 13.5. The Hall–Kier alpha value is -2.74. The number of aliphatic hydroxyl groups excluding tert-OH is 1. The summed E-state index contributed by atoms with van der Waals surface area (Å²) in [4.78, 5) is 13.1. The van der Waals surface area contributed by atoms with Crippen molar-refractivity contribution in [2.24, 2.45) is 5.92 Å². The molecule has 224 valence electrons. The summed E-state index contributed by atoms with van der Waals surface area (Å²) in [6.07, 6.45) is -0.261. The highest BCUT2D eigenvalue weighted by Gasteiger charge is 2.44. The van der Waals surface area contributed by atoms with Gasteiger partial charge in [0.1, 0.15) is 24.2 Å². The Morgan fingerprint density at radius 1 is 1.05 bits per heavy atom. The molecular weight excluding hydrogens is 552 g/mol. The third-order valence-corrected chi connectivity index (χ3v) is 9.29. The quantitative estimate of drug-likeness (QED) is 0.318. The number of hydrogen-bond acceptors (Lipinski definition) is 9. The van der Waals surface area contributed by atoms with Crippen LogP contribution in [0.3, 0.4) is 0 Å². The summed E-state index contributed by atoms with van der Waals surface area (Å²) in [5, 5.41) is 14.4. The van der Waals surface area contributed by atoms with E-state index in [1.165, 1.54) is 19.2 Å². The lowest BCUT2D eigenvalue weighted by Crippen LogP contribution is -2.57. The van der Waals surface area contributed by atoms with E-state index in [0.717, 1.165) is 37.7 Å². The first-order valence-corrected chi connectivity index (χ1v) is 15.5. The van der Waals surface area contributed by atoms with Gasteiger partial charge in [-0.25, -0.2) is 13.2 Å². The lowest BCUT2D eigenvalue weighted by Gasteiger charge is -2.33. The van der Waals surface area contributed by atoms with Crippen molar-refractivity contribution >= 4 is 16.1 Å². The number of aliphatic hydroxyl groups is 1. The monoisotopic (exact) mass is 590 g/mol. The van der Waals surface area contributed by atoms with Crippen LogP contribution in [0.1, 0.15) is 37.7 Å². The molecule has 3 aliphatic rings. The molecule has 11 nitrogen and oxygen atoms in total. The first-order valence-electron chi connectivity index (χ1n) is 14.1. The van der Waals surface area contributed by atoms with Crippen LogP contribution in [0.25, 0.3) is 0 Å². The fraction of sp³-hybridized carbons (Fsp3) is 0.552. The van der Waals surface area contributed by atoms with Crippen LogP contribution in [-0.4, -0.2) is 76.8 Å². The number of ether oxygens (including phenoxy) is 5. The van der Waals surface area contributed by atoms with Crippen molar-refractivity contribution in [2.75, 3.05) is 20.3 Å². The zero-order valence-corrected chi connectivity index (χ0v) is 23.8. The molecule has 0 radical (unpaired) electrons. The van der Waals surface area contributed by atoms with Gasteiger partial charge in [-0.05, 0) is 55.5 Å². The summed E-state index contributed by atoms with van der Waals surface area (Å²) in [5.41, 5.74) is 0.836. The van der Waals surface area contributed by atoms with E-state index in [1.807, 2.05) is 30.3 Å². The minimum absolute atomic E-state index is 0.00734. The minimum atomic E-state index is -4.10. The predicted octanol–water partition coefficient (Wildman–Crippen LogP) is 2.72. The molecule has 2 heterocycles. The lowest BCUT2D eigenvalue weighted by molar-refractivity contribution is -0.0912. The smallest absolute Gasteiger partial charge is 0.407 e. The van der Waals surface area contributed by atoms with Crippen LogP contribution in [0, 0.1) is 5.92 Å². The van der Waals surface area contributed by atoms with Crippen molar-refractivity contribution in [3.8, 4) is 5.75 Å². The molecule has 5 rings (SSSR count). The Kier molecular flexibility index (Phi) is 9.79. The second-order valence-corrected chi connectivity index (χ2v) is 12.4. The Balaban J connectivity index is 1.35. The molecule has 41 heavy (non-hydrogen) atoms. The Morgan fingerprint density at radius 2 is 1.78 bits per heavy atom. The number of methoxy groups -OCH3 is 1. The molecule has 6 atom stereocenters. The van der Waals surface area contributed by atoms with Crippen molar-refractivity contribution in [3.05, 3.63) is 60.2 Å². The van der Waals surface area contributed by atoms with E-state index in [9.17, 15) is 18.3 Å². The Morgan fingerprint density at radius 3 is 2.49 bits per heavy atom. The number of benzene rings is 2. The van der Waals surface area contributed by atoms with Gasteiger partial charge < -0.3 is 34.1 Å². The molecule has 2 aromatic carbocycles. The Bertz CT molecular complexity index is 1240. The van der Waals surface area contributed by atoms with Gasteiger partial charge in [-0.2, -0.15) is 4.72 Å². The number of hydrogen-bond donors (Lipinski definition) is 3. The van der Waals surface area contributed by atoms with Crippen LogP contribution < -0.4 is 14.8 Å². The maximum absolute atomic E-state index is 13.4. The molecule has 0 spiro atoms. The second-order valence-electron chi connectivity index (χ2n) is 10.7. The number of alkyl carbamates (subject to hydrolysis) is 1. The van der Waals surface area contributed by atoms with E-state index in [4.69, 9.17) is 23.7 Å². The number of rotatable bonds is 12. The first-order chi connectivity index (χ1) is 19.8. The van der Waals surface area contributed by atoms with Crippen LogP contribution in [-0.2, 0) is 35.4 Å². The number of nitrogens with one attached hydrogen (secondary N) is 2. The summed E-state index contributed by atoms with van der Waals surface area (Å²) in [6.45, 7) is 0.768. The van der Waals surface area contributed by atoms with Gasteiger partial charge in [0.2, 0.25) is 10.0 Å². The van der Waals surface area contributed by atoms with Crippen molar-refractivity contribution in [2.45, 2.75) is 80.3 Å². The van der Waals surface area contributed by atoms with Gasteiger partial charge in [-0.1, -0.05) is 43.2 Å². The third-order valence-electron chi connectivity index (χ3n) is 7.85. The van der Waals surface area contributed by atoms with Crippen molar-refractivity contribution in [3.63, 3.8) is 0 Å². The maximum Gasteiger partial charge on any atom is 0.407 e. The molecule has 3 fully saturated rings. The molecule has 1 amide bonds.